The van der Waals surface area contributed by atoms with Gasteiger partial charge in [0.15, 0.2) is 0 Å². The number of halogens is 1. The van der Waals surface area contributed by atoms with Crippen molar-refractivity contribution in [3.8, 4) is 0 Å². The molecule has 2 heterocycles. The zero-order chi connectivity index (χ0) is 13.8. The molecule has 0 atom stereocenters. The molecule has 1 aromatic carbocycles. The summed E-state index contributed by atoms with van der Waals surface area (Å²) in [6.07, 6.45) is 0. The molecule has 0 aliphatic carbocycles. The lowest BCUT2D eigenvalue weighted by atomic mass is 10.2. The quantitative estimate of drug-likeness (QED) is 0.873. The number of pyridine rings is 1. The van der Waals surface area contributed by atoms with E-state index in [0.717, 1.165) is 32.0 Å². The monoisotopic (exact) mass is 273 g/mol. The predicted molar refractivity (Wildman–Crippen MR) is 77.0 cm³/mol. The highest BCUT2D eigenvalue weighted by Crippen LogP contribution is 2.21. The van der Waals surface area contributed by atoms with E-state index < -0.39 is 5.95 Å². The number of benzene rings is 1. The van der Waals surface area contributed by atoms with Crippen molar-refractivity contribution in [3.05, 3.63) is 48.4 Å². The molecular weight excluding hydrogens is 257 g/mol. The molecule has 0 spiro atoms. The first-order chi connectivity index (χ1) is 9.81. The first-order valence-electron chi connectivity index (χ1n) is 6.63. The Bertz CT molecular complexity index is 568. The van der Waals surface area contributed by atoms with E-state index in [2.05, 4.69) is 15.2 Å². The van der Waals surface area contributed by atoms with Gasteiger partial charge in [0.1, 0.15) is 5.82 Å². The summed E-state index contributed by atoms with van der Waals surface area (Å²) in [6.45, 7) is 3.37. The van der Waals surface area contributed by atoms with Crippen molar-refractivity contribution in [1.29, 1.82) is 0 Å². The third-order valence-electron chi connectivity index (χ3n) is 3.23. The van der Waals surface area contributed by atoms with Gasteiger partial charge in [-0.2, -0.15) is 4.39 Å². The van der Waals surface area contributed by atoms with Crippen LogP contribution in [0.25, 0.3) is 0 Å². The maximum absolute atomic E-state index is 13.0. The molecule has 1 N–H and O–H groups in total. The van der Waals surface area contributed by atoms with Crippen LogP contribution < -0.4 is 10.2 Å². The van der Waals surface area contributed by atoms with Crippen molar-refractivity contribution in [2.24, 2.45) is 0 Å². The highest BCUT2D eigenvalue weighted by molar-refractivity contribution is 5.60. The second kappa shape index (κ2) is 5.88. The molecule has 1 aliphatic heterocycles. The third-order valence-corrected chi connectivity index (χ3v) is 3.23. The minimum atomic E-state index is -0.486. The third kappa shape index (κ3) is 3.05. The van der Waals surface area contributed by atoms with Gasteiger partial charge >= 0.3 is 0 Å². The molecule has 0 bridgehead atoms. The minimum Gasteiger partial charge on any atom is -0.378 e. The number of nitrogens with zero attached hydrogens (tertiary/aromatic N) is 2. The van der Waals surface area contributed by atoms with Crippen molar-refractivity contribution in [1.82, 2.24) is 4.98 Å². The summed E-state index contributed by atoms with van der Waals surface area (Å²) in [5.74, 6) is 0.0176. The van der Waals surface area contributed by atoms with Gasteiger partial charge in [-0.05, 0) is 36.4 Å². The van der Waals surface area contributed by atoms with Gasteiger partial charge in [-0.25, -0.2) is 4.98 Å². The van der Waals surface area contributed by atoms with E-state index in [1.165, 1.54) is 11.8 Å². The van der Waals surface area contributed by atoms with Crippen LogP contribution in [0.2, 0.25) is 0 Å². The van der Waals surface area contributed by atoms with Gasteiger partial charge in [0.25, 0.3) is 0 Å². The van der Waals surface area contributed by atoms with Gasteiger partial charge in [-0.3, -0.25) is 0 Å². The van der Waals surface area contributed by atoms with E-state index in [9.17, 15) is 4.39 Å². The molecule has 0 amide bonds. The maximum Gasteiger partial charge on any atom is 0.214 e. The van der Waals surface area contributed by atoms with Crippen LogP contribution in [0.15, 0.2) is 42.5 Å². The van der Waals surface area contributed by atoms with Crippen LogP contribution in [0.1, 0.15) is 0 Å². The Hall–Kier alpha value is -2.14. The highest BCUT2D eigenvalue weighted by Gasteiger charge is 2.10. The number of hydrogen-bond acceptors (Lipinski definition) is 4. The van der Waals surface area contributed by atoms with E-state index in [0.29, 0.717) is 5.82 Å². The molecule has 0 saturated carbocycles. The van der Waals surface area contributed by atoms with Crippen LogP contribution in [0.4, 0.5) is 21.6 Å². The molecule has 20 heavy (non-hydrogen) atoms. The van der Waals surface area contributed by atoms with Gasteiger partial charge in [-0.1, -0.05) is 6.07 Å². The summed E-state index contributed by atoms with van der Waals surface area (Å²) in [6, 6.07) is 12.7. The average molecular weight is 273 g/mol. The largest absolute Gasteiger partial charge is 0.378 e. The lowest BCUT2D eigenvalue weighted by molar-refractivity contribution is 0.122. The lowest BCUT2D eigenvalue weighted by Gasteiger charge is -2.28. The van der Waals surface area contributed by atoms with Crippen LogP contribution in [-0.4, -0.2) is 31.3 Å². The number of aromatic nitrogens is 1. The molecule has 1 fully saturated rings. The normalized spacial score (nSPS) is 15.2. The van der Waals surface area contributed by atoms with Gasteiger partial charge in [0.05, 0.1) is 13.2 Å². The average Bonchev–Trinajstić information content (AvgIpc) is 2.49. The second-order valence-corrected chi connectivity index (χ2v) is 4.62. The molecule has 0 radical (unpaired) electrons. The van der Waals surface area contributed by atoms with Crippen molar-refractivity contribution in [2.45, 2.75) is 0 Å². The molecule has 104 valence electrons. The lowest BCUT2D eigenvalue weighted by Crippen LogP contribution is -2.36. The Morgan fingerprint density at radius 3 is 2.50 bits per heavy atom. The van der Waals surface area contributed by atoms with Crippen molar-refractivity contribution < 1.29 is 9.13 Å². The summed E-state index contributed by atoms with van der Waals surface area (Å²) in [5, 5.41) is 3.08. The Balaban J connectivity index is 1.69. The van der Waals surface area contributed by atoms with E-state index in [4.69, 9.17) is 4.74 Å². The van der Waals surface area contributed by atoms with Crippen molar-refractivity contribution in [3.63, 3.8) is 0 Å². The molecule has 1 aliphatic rings. The molecule has 1 aromatic heterocycles. The first kappa shape index (κ1) is 12.9. The van der Waals surface area contributed by atoms with Crippen LogP contribution in [0, 0.1) is 5.95 Å². The Morgan fingerprint density at radius 2 is 1.80 bits per heavy atom. The Morgan fingerprint density at radius 1 is 1.05 bits per heavy atom. The van der Waals surface area contributed by atoms with Crippen molar-refractivity contribution >= 4 is 17.2 Å². The van der Waals surface area contributed by atoms with Crippen LogP contribution >= 0.6 is 0 Å². The van der Waals surface area contributed by atoms with E-state index in [-0.39, 0.29) is 0 Å². The number of nitrogens with one attached hydrogen (secondary N) is 1. The van der Waals surface area contributed by atoms with Gasteiger partial charge in [0.2, 0.25) is 5.95 Å². The van der Waals surface area contributed by atoms with Crippen LogP contribution in [0.5, 0.6) is 0 Å². The van der Waals surface area contributed by atoms with E-state index in [1.807, 2.05) is 24.3 Å². The number of anilines is 3. The number of ether oxygens (including phenoxy) is 1. The highest BCUT2D eigenvalue weighted by atomic mass is 19.1. The zero-order valence-electron chi connectivity index (χ0n) is 11.1. The van der Waals surface area contributed by atoms with Crippen LogP contribution in [-0.2, 0) is 4.74 Å². The summed E-state index contributed by atoms with van der Waals surface area (Å²) in [5.41, 5.74) is 2.06. The molecule has 0 unspecified atom stereocenters. The fraction of sp³-hybridized carbons (Fsp3) is 0.267. The molecule has 1 saturated heterocycles. The minimum absolute atomic E-state index is 0.486. The fourth-order valence-corrected chi connectivity index (χ4v) is 2.20. The SMILES string of the molecule is Fc1cccc(Nc2ccc(N3CCOCC3)cc2)n1. The smallest absolute Gasteiger partial charge is 0.214 e. The topological polar surface area (TPSA) is 37.4 Å². The standard InChI is InChI=1S/C15H16FN3O/c16-14-2-1-3-15(18-14)17-12-4-6-13(7-5-12)19-8-10-20-11-9-19/h1-7H,8-11H2,(H,17,18). The number of rotatable bonds is 3. The van der Waals surface area contributed by atoms with E-state index >= 15 is 0 Å². The zero-order valence-corrected chi connectivity index (χ0v) is 11.1. The summed E-state index contributed by atoms with van der Waals surface area (Å²) >= 11 is 0. The first-order valence-corrected chi connectivity index (χ1v) is 6.63. The Kier molecular flexibility index (Phi) is 3.78. The maximum atomic E-state index is 13.0. The van der Waals surface area contributed by atoms with Gasteiger partial charge < -0.3 is 15.0 Å². The second-order valence-electron chi connectivity index (χ2n) is 4.62. The van der Waals surface area contributed by atoms with Crippen molar-refractivity contribution in [2.75, 3.05) is 36.5 Å². The molecule has 3 rings (SSSR count). The Labute approximate surface area is 117 Å². The summed E-state index contributed by atoms with van der Waals surface area (Å²) in [4.78, 5) is 6.06. The van der Waals surface area contributed by atoms with E-state index in [1.54, 1.807) is 12.1 Å². The van der Waals surface area contributed by atoms with Gasteiger partial charge in [0, 0.05) is 24.5 Å². The molecule has 4 nitrogen and oxygen atoms in total. The molecule has 2 aromatic rings. The summed E-state index contributed by atoms with van der Waals surface area (Å²) < 4.78 is 18.3. The predicted octanol–water partition coefficient (Wildman–Crippen LogP) is 2.80. The van der Waals surface area contributed by atoms with Gasteiger partial charge in [-0.15, -0.1) is 0 Å². The molecular formula is C15H16FN3O. The fourth-order valence-electron chi connectivity index (χ4n) is 2.20. The molecule has 5 heteroatoms. The number of hydrogen-bond donors (Lipinski definition) is 1. The number of morpholine rings is 1. The van der Waals surface area contributed by atoms with Crippen LogP contribution in [0.3, 0.4) is 0 Å². The summed E-state index contributed by atoms with van der Waals surface area (Å²) in [7, 11) is 0.